The molecule has 5 nitrogen and oxygen atoms in total. The number of benzene rings is 2. The molecule has 0 bridgehead atoms. The first kappa shape index (κ1) is 19.5. The number of hydrogen-bond acceptors (Lipinski definition) is 3. The SMILES string of the molecule is O=C(CNC(=O)c1ccc(Cl)c(Cl)c1)N/N=C\c1ccc(Cl)cc1Cl. The smallest absolute Gasteiger partial charge is 0.259 e. The maximum atomic E-state index is 11.9. The molecule has 0 heterocycles. The van der Waals surface area contributed by atoms with E-state index in [4.69, 9.17) is 46.4 Å². The zero-order valence-corrected chi connectivity index (χ0v) is 15.5. The molecule has 0 saturated carbocycles. The summed E-state index contributed by atoms with van der Waals surface area (Å²) in [5.74, 6) is -0.965. The number of amides is 2. The van der Waals surface area contributed by atoms with Crippen LogP contribution in [0.2, 0.25) is 20.1 Å². The number of hydrazone groups is 1. The Morgan fingerprint density at radius 2 is 1.72 bits per heavy atom. The first-order valence-corrected chi connectivity index (χ1v) is 8.38. The second kappa shape index (κ2) is 9.06. The molecule has 130 valence electrons. The van der Waals surface area contributed by atoms with Gasteiger partial charge in [0.1, 0.15) is 0 Å². The lowest BCUT2D eigenvalue weighted by Crippen LogP contribution is -2.34. The Hall–Kier alpha value is -1.79. The van der Waals surface area contributed by atoms with Crippen molar-refractivity contribution in [3.8, 4) is 0 Å². The molecule has 2 N–H and O–H groups in total. The molecular formula is C16H11Cl4N3O2. The van der Waals surface area contributed by atoms with Gasteiger partial charge in [-0.05, 0) is 30.3 Å². The fourth-order valence-electron chi connectivity index (χ4n) is 1.72. The summed E-state index contributed by atoms with van der Waals surface area (Å²) in [4.78, 5) is 23.6. The molecule has 0 aliphatic rings. The molecule has 0 aromatic heterocycles. The van der Waals surface area contributed by atoms with Crippen LogP contribution in [0.15, 0.2) is 41.5 Å². The minimum Gasteiger partial charge on any atom is -0.343 e. The van der Waals surface area contributed by atoms with Crippen LogP contribution in [0, 0.1) is 0 Å². The van der Waals surface area contributed by atoms with Crippen molar-refractivity contribution < 1.29 is 9.59 Å². The van der Waals surface area contributed by atoms with E-state index in [9.17, 15) is 9.59 Å². The summed E-state index contributed by atoms with van der Waals surface area (Å²) >= 11 is 23.4. The maximum absolute atomic E-state index is 11.9. The molecule has 0 saturated heterocycles. The summed E-state index contributed by atoms with van der Waals surface area (Å²) in [6.07, 6.45) is 1.37. The minimum atomic E-state index is -0.505. The summed E-state index contributed by atoms with van der Waals surface area (Å²) in [6.45, 7) is -0.259. The van der Waals surface area contributed by atoms with Gasteiger partial charge in [-0.15, -0.1) is 0 Å². The van der Waals surface area contributed by atoms with E-state index in [1.54, 1.807) is 18.2 Å². The van der Waals surface area contributed by atoms with Gasteiger partial charge in [0.2, 0.25) is 0 Å². The Labute approximate surface area is 163 Å². The third-order valence-corrected chi connectivity index (χ3v) is 4.25. The molecule has 2 rings (SSSR count). The largest absolute Gasteiger partial charge is 0.343 e. The van der Waals surface area contributed by atoms with E-state index in [-0.39, 0.29) is 11.6 Å². The van der Waals surface area contributed by atoms with E-state index in [1.807, 2.05) is 0 Å². The van der Waals surface area contributed by atoms with Crippen LogP contribution in [0.3, 0.4) is 0 Å². The highest BCUT2D eigenvalue weighted by molar-refractivity contribution is 6.42. The Kier molecular flexibility index (Phi) is 7.08. The first-order valence-electron chi connectivity index (χ1n) is 6.87. The van der Waals surface area contributed by atoms with Crippen molar-refractivity contribution >= 4 is 64.4 Å². The van der Waals surface area contributed by atoms with Gasteiger partial charge < -0.3 is 5.32 Å². The Morgan fingerprint density at radius 3 is 2.40 bits per heavy atom. The zero-order chi connectivity index (χ0) is 18.4. The number of nitrogens with zero attached hydrogens (tertiary/aromatic N) is 1. The molecular weight excluding hydrogens is 408 g/mol. The van der Waals surface area contributed by atoms with Crippen molar-refractivity contribution in [2.45, 2.75) is 0 Å². The highest BCUT2D eigenvalue weighted by Crippen LogP contribution is 2.22. The van der Waals surface area contributed by atoms with Gasteiger partial charge in [-0.2, -0.15) is 5.10 Å². The van der Waals surface area contributed by atoms with Crippen molar-refractivity contribution in [1.82, 2.24) is 10.7 Å². The van der Waals surface area contributed by atoms with Crippen molar-refractivity contribution in [2.75, 3.05) is 6.54 Å². The van der Waals surface area contributed by atoms with Gasteiger partial charge in [0, 0.05) is 16.1 Å². The van der Waals surface area contributed by atoms with E-state index >= 15 is 0 Å². The quantitative estimate of drug-likeness (QED) is 0.564. The van der Waals surface area contributed by atoms with Gasteiger partial charge in [-0.3, -0.25) is 9.59 Å². The number of halogens is 4. The highest BCUT2D eigenvalue weighted by Gasteiger charge is 2.09. The van der Waals surface area contributed by atoms with Crippen LogP contribution in [0.25, 0.3) is 0 Å². The average molecular weight is 419 g/mol. The second-order valence-corrected chi connectivity index (χ2v) is 6.43. The number of carbonyl (C=O) groups is 2. The van der Waals surface area contributed by atoms with Crippen LogP contribution in [0.1, 0.15) is 15.9 Å². The van der Waals surface area contributed by atoms with Gasteiger partial charge in [0.25, 0.3) is 11.8 Å². The number of nitrogens with one attached hydrogen (secondary N) is 2. The van der Waals surface area contributed by atoms with E-state index in [2.05, 4.69) is 15.8 Å². The van der Waals surface area contributed by atoms with E-state index in [0.29, 0.717) is 26.2 Å². The second-order valence-electron chi connectivity index (χ2n) is 4.77. The van der Waals surface area contributed by atoms with Crippen LogP contribution in [-0.2, 0) is 4.79 Å². The highest BCUT2D eigenvalue weighted by atomic mass is 35.5. The lowest BCUT2D eigenvalue weighted by Gasteiger charge is -2.05. The molecule has 0 spiro atoms. The summed E-state index contributed by atoms with van der Waals surface area (Å²) in [7, 11) is 0. The van der Waals surface area contributed by atoms with Gasteiger partial charge in [-0.1, -0.05) is 52.5 Å². The maximum Gasteiger partial charge on any atom is 0.259 e. The van der Waals surface area contributed by atoms with Crippen LogP contribution in [0.4, 0.5) is 0 Å². The predicted molar refractivity (Wildman–Crippen MR) is 101 cm³/mol. The summed E-state index contributed by atoms with van der Waals surface area (Å²) in [5, 5.41) is 7.70. The predicted octanol–water partition coefficient (Wildman–Crippen LogP) is 4.18. The number of hydrogen-bond donors (Lipinski definition) is 2. The third kappa shape index (κ3) is 5.90. The van der Waals surface area contributed by atoms with Crippen LogP contribution >= 0.6 is 46.4 Å². The van der Waals surface area contributed by atoms with Crippen molar-refractivity contribution in [3.63, 3.8) is 0 Å². The molecule has 25 heavy (non-hydrogen) atoms. The Balaban J connectivity index is 1.84. The molecule has 9 heteroatoms. The fourth-order valence-corrected chi connectivity index (χ4v) is 2.47. The van der Waals surface area contributed by atoms with Crippen LogP contribution < -0.4 is 10.7 Å². The molecule has 0 unspecified atom stereocenters. The summed E-state index contributed by atoms with van der Waals surface area (Å²) in [6, 6.07) is 9.28. The van der Waals surface area contributed by atoms with Crippen LogP contribution in [-0.4, -0.2) is 24.6 Å². The monoisotopic (exact) mass is 417 g/mol. The third-order valence-electron chi connectivity index (χ3n) is 2.95. The van der Waals surface area contributed by atoms with Crippen molar-refractivity contribution in [3.05, 3.63) is 67.6 Å². The Bertz CT molecular complexity index is 840. The lowest BCUT2D eigenvalue weighted by atomic mass is 10.2. The van der Waals surface area contributed by atoms with E-state index in [1.165, 1.54) is 24.4 Å². The Morgan fingerprint density at radius 1 is 0.960 bits per heavy atom. The van der Waals surface area contributed by atoms with Gasteiger partial charge in [0.05, 0.1) is 27.8 Å². The fraction of sp³-hybridized carbons (Fsp3) is 0.0625. The van der Waals surface area contributed by atoms with Gasteiger partial charge >= 0.3 is 0 Å². The normalized spacial score (nSPS) is 10.7. The minimum absolute atomic E-state index is 0.253. The molecule has 0 fully saturated rings. The molecule has 0 aliphatic heterocycles. The molecule has 0 atom stereocenters. The number of rotatable bonds is 5. The topological polar surface area (TPSA) is 70.6 Å². The van der Waals surface area contributed by atoms with Crippen LogP contribution in [0.5, 0.6) is 0 Å². The first-order chi connectivity index (χ1) is 11.9. The van der Waals surface area contributed by atoms with Crippen molar-refractivity contribution in [1.29, 1.82) is 0 Å². The molecule has 0 aliphatic carbocycles. The van der Waals surface area contributed by atoms with E-state index in [0.717, 1.165) is 0 Å². The van der Waals surface area contributed by atoms with Gasteiger partial charge in [-0.25, -0.2) is 5.43 Å². The average Bonchev–Trinajstić information content (AvgIpc) is 2.57. The lowest BCUT2D eigenvalue weighted by molar-refractivity contribution is -0.120. The zero-order valence-electron chi connectivity index (χ0n) is 12.5. The van der Waals surface area contributed by atoms with Crippen molar-refractivity contribution in [2.24, 2.45) is 5.10 Å². The molecule has 2 aromatic carbocycles. The molecule has 0 radical (unpaired) electrons. The molecule has 2 aromatic rings. The standard InChI is InChI=1S/C16H11Cl4N3O2/c17-11-3-1-10(13(19)6-11)7-22-23-15(24)8-21-16(25)9-2-4-12(18)14(20)5-9/h1-7H,8H2,(H,21,25)(H,23,24)/b22-7-. The van der Waals surface area contributed by atoms with E-state index < -0.39 is 11.8 Å². The van der Waals surface area contributed by atoms with Gasteiger partial charge in [0.15, 0.2) is 0 Å². The molecule has 2 amide bonds. The summed E-state index contributed by atoms with van der Waals surface area (Å²) in [5.41, 5.74) is 3.16. The number of carbonyl (C=O) groups excluding carboxylic acids is 2. The summed E-state index contributed by atoms with van der Waals surface area (Å²) < 4.78 is 0.